The summed E-state index contributed by atoms with van der Waals surface area (Å²) in [5.41, 5.74) is 2.72. The molecule has 3 rings (SSSR count). The molecule has 0 fully saturated rings. The molecule has 0 aliphatic carbocycles. The SMILES string of the molecule is COc1cc(C=C2C(=O)Nc3cc(Cl)ccc32)c(Br)cc1O. The van der Waals surface area contributed by atoms with Crippen LogP contribution in [-0.4, -0.2) is 18.1 Å². The van der Waals surface area contributed by atoms with Crippen molar-refractivity contribution in [2.75, 3.05) is 12.4 Å². The molecular weight excluding hydrogens is 370 g/mol. The molecule has 0 aromatic heterocycles. The number of benzene rings is 2. The van der Waals surface area contributed by atoms with Crippen molar-refractivity contribution in [2.45, 2.75) is 0 Å². The quantitative estimate of drug-likeness (QED) is 0.763. The fourth-order valence-electron chi connectivity index (χ4n) is 2.30. The van der Waals surface area contributed by atoms with E-state index < -0.39 is 0 Å². The van der Waals surface area contributed by atoms with E-state index in [1.54, 1.807) is 30.3 Å². The van der Waals surface area contributed by atoms with Crippen LogP contribution in [0.15, 0.2) is 34.8 Å². The van der Waals surface area contributed by atoms with E-state index in [2.05, 4.69) is 21.2 Å². The Morgan fingerprint density at radius 1 is 1.32 bits per heavy atom. The number of ether oxygens (including phenoxy) is 1. The molecule has 2 aromatic carbocycles. The molecule has 0 spiro atoms. The molecule has 112 valence electrons. The Bertz CT molecular complexity index is 817. The summed E-state index contributed by atoms with van der Waals surface area (Å²) in [6.07, 6.45) is 1.74. The highest BCUT2D eigenvalue weighted by Crippen LogP contribution is 2.38. The van der Waals surface area contributed by atoms with E-state index in [4.69, 9.17) is 16.3 Å². The van der Waals surface area contributed by atoms with E-state index in [1.165, 1.54) is 13.2 Å². The van der Waals surface area contributed by atoms with Gasteiger partial charge in [0.1, 0.15) is 0 Å². The van der Waals surface area contributed by atoms with E-state index >= 15 is 0 Å². The first-order valence-electron chi connectivity index (χ1n) is 6.39. The average molecular weight is 381 g/mol. The van der Waals surface area contributed by atoms with Crippen molar-refractivity contribution < 1.29 is 14.6 Å². The number of halogens is 2. The lowest BCUT2D eigenvalue weighted by atomic mass is 10.0. The van der Waals surface area contributed by atoms with Gasteiger partial charge in [-0.2, -0.15) is 0 Å². The average Bonchev–Trinajstić information content (AvgIpc) is 2.76. The molecule has 1 heterocycles. The Morgan fingerprint density at radius 2 is 2.09 bits per heavy atom. The molecule has 2 aromatic rings. The minimum Gasteiger partial charge on any atom is -0.504 e. The lowest BCUT2D eigenvalue weighted by molar-refractivity contribution is -0.110. The molecule has 1 amide bonds. The summed E-state index contributed by atoms with van der Waals surface area (Å²) in [6.45, 7) is 0. The largest absolute Gasteiger partial charge is 0.504 e. The molecule has 0 bridgehead atoms. The molecule has 4 nitrogen and oxygen atoms in total. The lowest BCUT2D eigenvalue weighted by Gasteiger charge is -2.07. The molecule has 1 aliphatic rings. The molecule has 1 aliphatic heterocycles. The molecule has 0 saturated carbocycles. The van der Waals surface area contributed by atoms with E-state index in [0.717, 1.165) is 11.1 Å². The number of rotatable bonds is 2. The number of carbonyl (C=O) groups is 1. The molecule has 0 unspecified atom stereocenters. The second kappa shape index (κ2) is 5.66. The number of fused-ring (bicyclic) bond motifs is 1. The number of aromatic hydroxyl groups is 1. The van der Waals surface area contributed by atoms with Crippen molar-refractivity contribution in [3.8, 4) is 11.5 Å². The Hall–Kier alpha value is -1.98. The van der Waals surface area contributed by atoms with Gasteiger partial charge < -0.3 is 15.2 Å². The molecule has 0 radical (unpaired) electrons. The fourth-order valence-corrected chi connectivity index (χ4v) is 2.92. The first-order valence-corrected chi connectivity index (χ1v) is 7.56. The Kier molecular flexibility index (Phi) is 3.85. The summed E-state index contributed by atoms with van der Waals surface area (Å²) in [6, 6.07) is 8.43. The second-order valence-corrected chi connectivity index (χ2v) is 6.04. The number of methoxy groups -OCH3 is 1. The van der Waals surface area contributed by atoms with Gasteiger partial charge in [-0.3, -0.25) is 4.79 Å². The maximum atomic E-state index is 12.2. The highest BCUT2D eigenvalue weighted by molar-refractivity contribution is 9.10. The van der Waals surface area contributed by atoms with Crippen molar-refractivity contribution in [1.29, 1.82) is 0 Å². The van der Waals surface area contributed by atoms with Gasteiger partial charge in [-0.15, -0.1) is 0 Å². The summed E-state index contributed by atoms with van der Waals surface area (Å²) >= 11 is 9.31. The monoisotopic (exact) mass is 379 g/mol. The van der Waals surface area contributed by atoms with Crippen molar-refractivity contribution in [2.24, 2.45) is 0 Å². The number of phenolic OH excluding ortho intramolecular Hbond substituents is 1. The maximum absolute atomic E-state index is 12.2. The molecular formula is C16H11BrClNO3. The van der Waals surface area contributed by atoms with Crippen LogP contribution in [-0.2, 0) is 4.79 Å². The predicted molar refractivity (Wildman–Crippen MR) is 90.3 cm³/mol. The van der Waals surface area contributed by atoms with Gasteiger partial charge >= 0.3 is 0 Å². The number of anilines is 1. The summed E-state index contributed by atoms with van der Waals surface area (Å²) in [5.74, 6) is 0.167. The summed E-state index contributed by atoms with van der Waals surface area (Å²) in [7, 11) is 1.47. The van der Waals surface area contributed by atoms with Crippen LogP contribution >= 0.6 is 27.5 Å². The van der Waals surface area contributed by atoms with Crippen LogP contribution in [0, 0.1) is 0 Å². The van der Waals surface area contributed by atoms with E-state index in [-0.39, 0.29) is 11.7 Å². The lowest BCUT2D eigenvalue weighted by Crippen LogP contribution is -2.03. The zero-order valence-corrected chi connectivity index (χ0v) is 13.8. The Morgan fingerprint density at radius 3 is 2.82 bits per heavy atom. The van der Waals surface area contributed by atoms with Gasteiger partial charge in [0.15, 0.2) is 11.5 Å². The van der Waals surface area contributed by atoms with Gasteiger partial charge in [0.2, 0.25) is 0 Å². The number of carbonyl (C=O) groups excluding carboxylic acids is 1. The van der Waals surface area contributed by atoms with Crippen LogP contribution < -0.4 is 10.1 Å². The maximum Gasteiger partial charge on any atom is 0.256 e. The van der Waals surface area contributed by atoms with Crippen LogP contribution in [0.5, 0.6) is 11.5 Å². The van der Waals surface area contributed by atoms with Crippen LogP contribution in [0.3, 0.4) is 0 Å². The van der Waals surface area contributed by atoms with Gasteiger partial charge in [-0.25, -0.2) is 0 Å². The van der Waals surface area contributed by atoms with Crippen molar-refractivity contribution in [3.05, 3.63) is 51.0 Å². The normalized spacial score (nSPS) is 14.9. The van der Waals surface area contributed by atoms with E-state index in [1.807, 2.05) is 0 Å². The standard InChI is InChI=1S/C16H11BrClNO3/c1-22-15-5-8(12(17)7-14(15)20)4-11-10-3-2-9(18)6-13(10)19-16(11)21/h2-7,20H,1H3,(H,19,21). The van der Waals surface area contributed by atoms with Crippen LogP contribution in [0.4, 0.5) is 5.69 Å². The molecule has 22 heavy (non-hydrogen) atoms. The third-order valence-corrected chi connectivity index (χ3v) is 4.28. The van der Waals surface area contributed by atoms with Gasteiger partial charge in [0, 0.05) is 20.6 Å². The van der Waals surface area contributed by atoms with Crippen LogP contribution in [0.2, 0.25) is 5.02 Å². The number of amides is 1. The highest BCUT2D eigenvalue weighted by atomic mass is 79.9. The first kappa shape index (κ1) is 14.9. The number of nitrogens with one attached hydrogen (secondary N) is 1. The predicted octanol–water partition coefficient (Wildman–Crippen LogP) is 4.31. The van der Waals surface area contributed by atoms with Gasteiger partial charge in [0.25, 0.3) is 5.91 Å². The van der Waals surface area contributed by atoms with E-state index in [0.29, 0.717) is 26.5 Å². The smallest absolute Gasteiger partial charge is 0.256 e. The number of hydrogen-bond donors (Lipinski definition) is 2. The van der Waals surface area contributed by atoms with Crippen molar-refractivity contribution in [3.63, 3.8) is 0 Å². The zero-order valence-electron chi connectivity index (χ0n) is 11.5. The summed E-state index contributed by atoms with van der Waals surface area (Å²) in [4.78, 5) is 12.2. The van der Waals surface area contributed by atoms with E-state index in [9.17, 15) is 9.90 Å². The summed E-state index contributed by atoms with van der Waals surface area (Å²) < 4.78 is 5.76. The molecule has 0 atom stereocenters. The minimum atomic E-state index is -0.198. The van der Waals surface area contributed by atoms with Crippen molar-refractivity contribution in [1.82, 2.24) is 0 Å². The Labute approximate surface area is 140 Å². The molecule has 6 heteroatoms. The van der Waals surface area contributed by atoms with Gasteiger partial charge in [0.05, 0.1) is 12.8 Å². The van der Waals surface area contributed by atoms with Crippen molar-refractivity contribution >= 4 is 50.8 Å². The fraction of sp³-hybridized carbons (Fsp3) is 0.0625. The van der Waals surface area contributed by atoms with Crippen LogP contribution in [0.1, 0.15) is 11.1 Å². The topological polar surface area (TPSA) is 58.6 Å². The third-order valence-electron chi connectivity index (χ3n) is 3.36. The number of phenols is 1. The molecule has 0 saturated heterocycles. The number of hydrogen-bond acceptors (Lipinski definition) is 3. The van der Waals surface area contributed by atoms with Gasteiger partial charge in [-0.1, -0.05) is 33.6 Å². The molecule has 2 N–H and O–H groups in total. The van der Waals surface area contributed by atoms with Gasteiger partial charge in [-0.05, 0) is 35.9 Å². The Balaban J connectivity index is 2.12. The minimum absolute atomic E-state index is 0.0274. The summed E-state index contributed by atoms with van der Waals surface area (Å²) in [5, 5.41) is 13.1. The second-order valence-electron chi connectivity index (χ2n) is 4.75. The highest BCUT2D eigenvalue weighted by Gasteiger charge is 2.24. The third kappa shape index (κ3) is 2.58. The zero-order chi connectivity index (χ0) is 15.9. The first-order chi connectivity index (χ1) is 10.5. The van der Waals surface area contributed by atoms with Crippen LogP contribution in [0.25, 0.3) is 11.6 Å².